The molecule has 0 aliphatic carbocycles. The van der Waals surface area contributed by atoms with Crippen molar-refractivity contribution < 1.29 is 9.50 Å². The maximum absolute atomic E-state index is 14.2. The van der Waals surface area contributed by atoms with Gasteiger partial charge in [0.2, 0.25) is 0 Å². The van der Waals surface area contributed by atoms with E-state index >= 15 is 0 Å². The Morgan fingerprint density at radius 1 is 1.44 bits per heavy atom. The van der Waals surface area contributed by atoms with E-state index in [1.54, 1.807) is 13.0 Å². The molecule has 1 aromatic rings. The highest BCUT2D eigenvalue weighted by atomic mass is 19.1. The fraction of sp³-hybridized carbons (Fsp3) is 0.600. The average molecular weight is 251 g/mol. The fourth-order valence-electron chi connectivity index (χ4n) is 3.02. The Morgan fingerprint density at radius 3 is 2.78 bits per heavy atom. The van der Waals surface area contributed by atoms with Crippen LogP contribution < -0.4 is 4.90 Å². The second kappa shape index (κ2) is 5.27. The first-order chi connectivity index (χ1) is 8.56. The first kappa shape index (κ1) is 13.3. The number of benzene rings is 1. The molecule has 0 spiro atoms. The maximum atomic E-state index is 14.2. The summed E-state index contributed by atoms with van der Waals surface area (Å²) in [6.07, 6.45) is 2.57. The van der Waals surface area contributed by atoms with Crippen LogP contribution in [0.4, 0.5) is 10.1 Å². The molecule has 2 nitrogen and oxygen atoms in total. The molecule has 3 heteroatoms. The zero-order valence-corrected chi connectivity index (χ0v) is 11.4. The first-order valence-corrected chi connectivity index (χ1v) is 6.81. The van der Waals surface area contributed by atoms with Crippen LogP contribution in [-0.4, -0.2) is 17.2 Å². The molecule has 1 N–H and O–H groups in total. The Labute approximate surface area is 108 Å². The van der Waals surface area contributed by atoms with Crippen molar-refractivity contribution in [1.82, 2.24) is 0 Å². The molecule has 1 aromatic carbocycles. The molecule has 100 valence electrons. The van der Waals surface area contributed by atoms with Gasteiger partial charge in [0.1, 0.15) is 5.82 Å². The Morgan fingerprint density at radius 2 is 2.17 bits per heavy atom. The topological polar surface area (TPSA) is 23.5 Å². The Hall–Kier alpha value is -1.09. The minimum absolute atomic E-state index is 0.222. The van der Waals surface area contributed by atoms with E-state index in [1.807, 2.05) is 6.07 Å². The standard InChI is InChI=1S/C15H22FNO/c1-4-12-9-8-10(2)17(12)15-13(11(3)18)6-5-7-14(15)16/h5-7,10-12,18H,4,8-9H2,1-3H3/t10?,11-,12?/m1/s1. The van der Waals surface area contributed by atoms with Crippen LogP contribution in [-0.2, 0) is 0 Å². The third kappa shape index (κ3) is 2.24. The van der Waals surface area contributed by atoms with Crippen LogP contribution in [0.25, 0.3) is 0 Å². The highest BCUT2D eigenvalue weighted by Gasteiger charge is 2.33. The number of aliphatic hydroxyl groups excluding tert-OH is 1. The Balaban J connectivity index is 2.48. The second-order valence-corrected chi connectivity index (χ2v) is 5.25. The number of para-hydroxylation sites is 1. The summed E-state index contributed by atoms with van der Waals surface area (Å²) in [5, 5.41) is 9.84. The summed E-state index contributed by atoms with van der Waals surface area (Å²) in [6, 6.07) is 5.70. The smallest absolute Gasteiger partial charge is 0.146 e. The molecule has 1 heterocycles. The van der Waals surface area contributed by atoms with Gasteiger partial charge in [-0.1, -0.05) is 19.1 Å². The average Bonchev–Trinajstić information content (AvgIpc) is 2.70. The number of nitrogens with zero attached hydrogens (tertiary/aromatic N) is 1. The molecule has 1 saturated heterocycles. The van der Waals surface area contributed by atoms with Crippen molar-refractivity contribution in [1.29, 1.82) is 0 Å². The van der Waals surface area contributed by atoms with Crippen molar-refractivity contribution in [2.45, 2.75) is 58.2 Å². The van der Waals surface area contributed by atoms with E-state index in [9.17, 15) is 9.50 Å². The van der Waals surface area contributed by atoms with E-state index in [4.69, 9.17) is 0 Å². The van der Waals surface area contributed by atoms with Crippen LogP contribution in [0.1, 0.15) is 51.7 Å². The van der Waals surface area contributed by atoms with Crippen LogP contribution in [0.5, 0.6) is 0 Å². The molecule has 1 aliphatic heterocycles. The summed E-state index contributed by atoms with van der Waals surface area (Å²) >= 11 is 0. The van der Waals surface area contributed by atoms with E-state index in [1.165, 1.54) is 6.07 Å². The van der Waals surface area contributed by atoms with Crippen LogP contribution in [0.15, 0.2) is 18.2 Å². The lowest BCUT2D eigenvalue weighted by Crippen LogP contribution is -2.35. The highest BCUT2D eigenvalue weighted by Crippen LogP contribution is 2.38. The quantitative estimate of drug-likeness (QED) is 0.886. The molecule has 0 aromatic heterocycles. The lowest BCUT2D eigenvalue weighted by molar-refractivity contribution is 0.199. The van der Waals surface area contributed by atoms with Crippen molar-refractivity contribution in [3.05, 3.63) is 29.6 Å². The summed E-state index contributed by atoms with van der Waals surface area (Å²) in [4.78, 5) is 2.16. The lowest BCUT2D eigenvalue weighted by atomic mass is 10.0. The number of hydrogen-bond acceptors (Lipinski definition) is 2. The maximum Gasteiger partial charge on any atom is 0.146 e. The second-order valence-electron chi connectivity index (χ2n) is 5.25. The van der Waals surface area contributed by atoms with Crippen LogP contribution in [0.3, 0.4) is 0 Å². The van der Waals surface area contributed by atoms with Gasteiger partial charge in [0.25, 0.3) is 0 Å². The highest BCUT2D eigenvalue weighted by molar-refractivity contribution is 5.58. The molecule has 1 aliphatic rings. The molecule has 1 fully saturated rings. The normalized spacial score (nSPS) is 25.5. The lowest BCUT2D eigenvalue weighted by Gasteiger charge is -2.33. The Bertz CT molecular complexity index is 419. The summed E-state index contributed by atoms with van der Waals surface area (Å²) in [6.45, 7) is 5.96. The number of anilines is 1. The Kier molecular flexibility index (Phi) is 3.91. The molecular weight excluding hydrogens is 229 g/mol. The molecular formula is C15H22FNO. The number of halogens is 1. The van der Waals surface area contributed by atoms with E-state index in [2.05, 4.69) is 18.7 Å². The van der Waals surface area contributed by atoms with Gasteiger partial charge in [-0.25, -0.2) is 4.39 Å². The summed E-state index contributed by atoms with van der Waals surface area (Å²) in [5.41, 5.74) is 1.30. The van der Waals surface area contributed by atoms with Crippen LogP contribution in [0.2, 0.25) is 0 Å². The van der Waals surface area contributed by atoms with E-state index in [0.717, 1.165) is 19.3 Å². The molecule has 3 atom stereocenters. The number of aliphatic hydroxyl groups is 1. The van der Waals surface area contributed by atoms with Crippen molar-refractivity contribution in [2.24, 2.45) is 0 Å². The zero-order valence-electron chi connectivity index (χ0n) is 11.4. The van der Waals surface area contributed by atoms with Gasteiger partial charge in [-0.05, 0) is 39.2 Å². The van der Waals surface area contributed by atoms with Gasteiger partial charge in [0.05, 0.1) is 11.8 Å². The number of rotatable bonds is 3. The predicted octanol–water partition coefficient (Wildman–Crippen LogP) is 3.65. The van der Waals surface area contributed by atoms with Crippen molar-refractivity contribution in [3.63, 3.8) is 0 Å². The van der Waals surface area contributed by atoms with E-state index < -0.39 is 6.10 Å². The molecule has 2 rings (SSSR count). The zero-order chi connectivity index (χ0) is 13.3. The van der Waals surface area contributed by atoms with Gasteiger partial charge >= 0.3 is 0 Å². The molecule has 0 amide bonds. The molecule has 0 bridgehead atoms. The minimum Gasteiger partial charge on any atom is -0.389 e. The van der Waals surface area contributed by atoms with E-state index in [0.29, 0.717) is 23.3 Å². The van der Waals surface area contributed by atoms with Crippen LogP contribution >= 0.6 is 0 Å². The molecule has 18 heavy (non-hydrogen) atoms. The summed E-state index contributed by atoms with van der Waals surface area (Å²) in [5.74, 6) is -0.222. The van der Waals surface area contributed by atoms with Crippen molar-refractivity contribution >= 4 is 5.69 Å². The fourth-order valence-corrected chi connectivity index (χ4v) is 3.02. The predicted molar refractivity (Wildman–Crippen MR) is 72.3 cm³/mol. The first-order valence-electron chi connectivity index (χ1n) is 6.81. The van der Waals surface area contributed by atoms with Crippen molar-refractivity contribution in [3.8, 4) is 0 Å². The SMILES string of the molecule is CCC1CCC(C)N1c1c(F)cccc1[C@@H](C)O. The van der Waals surface area contributed by atoms with Crippen molar-refractivity contribution in [2.75, 3.05) is 4.90 Å². The van der Waals surface area contributed by atoms with Gasteiger partial charge in [0.15, 0.2) is 0 Å². The third-order valence-electron chi connectivity index (χ3n) is 3.98. The monoisotopic (exact) mass is 251 g/mol. The van der Waals surface area contributed by atoms with E-state index in [-0.39, 0.29) is 5.82 Å². The van der Waals surface area contributed by atoms with Gasteiger partial charge < -0.3 is 10.0 Å². The largest absolute Gasteiger partial charge is 0.389 e. The summed E-state index contributed by atoms with van der Waals surface area (Å²) in [7, 11) is 0. The van der Waals surface area contributed by atoms with Gasteiger partial charge in [-0.3, -0.25) is 0 Å². The van der Waals surface area contributed by atoms with Gasteiger partial charge in [-0.15, -0.1) is 0 Å². The molecule has 2 unspecified atom stereocenters. The molecule has 0 radical (unpaired) electrons. The summed E-state index contributed by atoms with van der Waals surface area (Å²) < 4.78 is 14.2. The van der Waals surface area contributed by atoms with Crippen LogP contribution in [0, 0.1) is 5.82 Å². The third-order valence-corrected chi connectivity index (χ3v) is 3.98. The molecule has 0 saturated carbocycles. The van der Waals surface area contributed by atoms with Gasteiger partial charge in [-0.2, -0.15) is 0 Å². The number of hydrogen-bond donors (Lipinski definition) is 1. The van der Waals surface area contributed by atoms with Gasteiger partial charge in [0, 0.05) is 17.6 Å². The minimum atomic E-state index is -0.638.